The minimum absolute atomic E-state index is 0.222. The predicted molar refractivity (Wildman–Crippen MR) is 74.7 cm³/mol. The number of hydrogen-bond donors (Lipinski definition) is 1. The molecule has 1 atom stereocenters. The second-order valence-electron chi connectivity index (χ2n) is 5.53. The second kappa shape index (κ2) is 5.74. The maximum absolute atomic E-state index is 12.7. The van der Waals surface area contributed by atoms with Crippen LogP contribution in [-0.4, -0.2) is 53.9 Å². The summed E-state index contributed by atoms with van der Waals surface area (Å²) < 4.78 is 0. The molecule has 2 heterocycles. The highest BCUT2D eigenvalue weighted by Gasteiger charge is 2.35. The molecule has 1 saturated heterocycles. The molecule has 5 heteroatoms. The minimum Gasteiger partial charge on any atom is -0.335 e. The Kier molecular flexibility index (Phi) is 3.82. The first-order chi connectivity index (χ1) is 9.36. The lowest BCUT2D eigenvalue weighted by Crippen LogP contribution is -2.64. The number of amides is 1. The third-order valence-electron chi connectivity index (χ3n) is 4.28. The van der Waals surface area contributed by atoms with Crippen LogP contribution in [0.3, 0.4) is 0 Å². The fourth-order valence-corrected chi connectivity index (χ4v) is 3.26. The average Bonchev–Trinajstić information content (AvgIpc) is 2.49. The standard InChI is InChI=1S/C14H22N4O/c19-14-13(17-9-4-7-15-11-17)16-8-10-18(14)12-5-2-1-3-6-12/h4,7,11-13,16H,1-3,5-6,8-10H2. The molecule has 1 unspecified atom stereocenters. The quantitative estimate of drug-likeness (QED) is 0.805. The van der Waals surface area contributed by atoms with Crippen LogP contribution in [-0.2, 0) is 4.79 Å². The monoisotopic (exact) mass is 262 g/mol. The van der Waals surface area contributed by atoms with Crippen LogP contribution in [0, 0.1) is 0 Å². The highest BCUT2D eigenvalue weighted by Crippen LogP contribution is 2.24. The molecule has 0 radical (unpaired) electrons. The highest BCUT2D eigenvalue weighted by molar-refractivity contribution is 5.85. The van der Waals surface area contributed by atoms with Crippen LogP contribution in [0.15, 0.2) is 17.3 Å². The topological polar surface area (TPSA) is 47.9 Å². The molecule has 0 aromatic heterocycles. The van der Waals surface area contributed by atoms with Crippen molar-refractivity contribution in [2.75, 3.05) is 19.6 Å². The van der Waals surface area contributed by atoms with Gasteiger partial charge >= 0.3 is 0 Å². The van der Waals surface area contributed by atoms with Gasteiger partial charge in [-0.05, 0) is 18.9 Å². The molecule has 1 amide bonds. The Hall–Kier alpha value is -1.36. The van der Waals surface area contributed by atoms with Gasteiger partial charge in [-0.1, -0.05) is 19.3 Å². The van der Waals surface area contributed by atoms with E-state index in [0.29, 0.717) is 6.04 Å². The first-order valence-corrected chi connectivity index (χ1v) is 7.34. The molecule has 3 rings (SSSR count). The van der Waals surface area contributed by atoms with E-state index in [4.69, 9.17) is 0 Å². The third-order valence-corrected chi connectivity index (χ3v) is 4.28. The molecule has 0 spiro atoms. The number of piperazine rings is 1. The fraction of sp³-hybridized carbons (Fsp3) is 0.714. The normalized spacial score (nSPS) is 29.1. The molecule has 104 valence electrons. The molecule has 0 bridgehead atoms. The Bertz CT molecular complexity index is 387. The van der Waals surface area contributed by atoms with Crippen LogP contribution < -0.4 is 5.32 Å². The second-order valence-corrected chi connectivity index (χ2v) is 5.53. The summed E-state index contributed by atoms with van der Waals surface area (Å²) in [7, 11) is 0. The summed E-state index contributed by atoms with van der Waals surface area (Å²) in [5.74, 6) is 0.222. The van der Waals surface area contributed by atoms with Crippen LogP contribution in [0.5, 0.6) is 0 Å². The van der Waals surface area contributed by atoms with Crippen molar-refractivity contribution in [1.82, 2.24) is 15.1 Å². The zero-order chi connectivity index (χ0) is 13.1. The van der Waals surface area contributed by atoms with E-state index in [9.17, 15) is 4.79 Å². The first kappa shape index (κ1) is 12.7. The van der Waals surface area contributed by atoms with E-state index < -0.39 is 0 Å². The van der Waals surface area contributed by atoms with E-state index in [2.05, 4.69) is 15.2 Å². The van der Waals surface area contributed by atoms with Gasteiger partial charge in [0.2, 0.25) is 0 Å². The van der Waals surface area contributed by atoms with Crippen molar-refractivity contribution in [3.8, 4) is 0 Å². The van der Waals surface area contributed by atoms with Crippen LogP contribution >= 0.6 is 0 Å². The van der Waals surface area contributed by atoms with Gasteiger partial charge in [0.1, 0.15) is 0 Å². The summed E-state index contributed by atoms with van der Waals surface area (Å²) in [6, 6.07) is 0.461. The summed E-state index contributed by atoms with van der Waals surface area (Å²) >= 11 is 0. The van der Waals surface area contributed by atoms with Crippen LogP contribution in [0.2, 0.25) is 0 Å². The van der Waals surface area contributed by atoms with Crippen molar-refractivity contribution in [2.45, 2.75) is 44.3 Å². The molecular formula is C14H22N4O. The van der Waals surface area contributed by atoms with Gasteiger partial charge in [0.05, 0.1) is 6.34 Å². The summed E-state index contributed by atoms with van der Waals surface area (Å²) in [5, 5.41) is 3.32. The molecule has 3 aliphatic rings. The largest absolute Gasteiger partial charge is 0.335 e. The van der Waals surface area contributed by atoms with Crippen molar-refractivity contribution < 1.29 is 4.79 Å². The zero-order valence-electron chi connectivity index (χ0n) is 11.3. The van der Waals surface area contributed by atoms with Gasteiger partial charge in [-0.3, -0.25) is 10.1 Å². The fourth-order valence-electron chi connectivity index (χ4n) is 3.26. The Morgan fingerprint density at radius 3 is 2.84 bits per heavy atom. The van der Waals surface area contributed by atoms with Crippen molar-refractivity contribution >= 4 is 12.2 Å². The van der Waals surface area contributed by atoms with Gasteiger partial charge in [-0.15, -0.1) is 0 Å². The Balaban J connectivity index is 1.68. The van der Waals surface area contributed by atoms with Crippen molar-refractivity contribution in [1.29, 1.82) is 0 Å². The summed E-state index contributed by atoms with van der Waals surface area (Å²) in [6.45, 7) is 2.48. The van der Waals surface area contributed by atoms with E-state index in [1.807, 2.05) is 11.0 Å². The van der Waals surface area contributed by atoms with E-state index in [1.54, 1.807) is 12.5 Å². The maximum Gasteiger partial charge on any atom is 0.260 e. The van der Waals surface area contributed by atoms with Gasteiger partial charge in [-0.2, -0.15) is 0 Å². The minimum atomic E-state index is -0.232. The van der Waals surface area contributed by atoms with E-state index in [-0.39, 0.29) is 12.1 Å². The number of aliphatic imine (C=N–C) groups is 1. The number of hydrogen-bond acceptors (Lipinski definition) is 4. The van der Waals surface area contributed by atoms with Crippen molar-refractivity contribution in [2.24, 2.45) is 4.99 Å². The number of nitrogens with one attached hydrogen (secondary N) is 1. The Morgan fingerprint density at radius 2 is 2.11 bits per heavy atom. The molecule has 5 nitrogen and oxygen atoms in total. The summed E-state index contributed by atoms with van der Waals surface area (Å²) in [6.07, 6.45) is 11.5. The lowest BCUT2D eigenvalue weighted by Gasteiger charge is -2.43. The number of nitrogens with zero attached hydrogens (tertiary/aromatic N) is 3. The summed E-state index contributed by atoms with van der Waals surface area (Å²) in [5.41, 5.74) is 0. The van der Waals surface area contributed by atoms with Gasteiger partial charge in [0.25, 0.3) is 5.91 Å². The Labute approximate surface area is 114 Å². The Morgan fingerprint density at radius 1 is 1.26 bits per heavy atom. The van der Waals surface area contributed by atoms with Crippen molar-refractivity contribution in [3.63, 3.8) is 0 Å². The molecule has 2 aliphatic heterocycles. The van der Waals surface area contributed by atoms with E-state index >= 15 is 0 Å². The van der Waals surface area contributed by atoms with Crippen LogP contribution in [0.25, 0.3) is 0 Å². The van der Waals surface area contributed by atoms with E-state index in [1.165, 1.54) is 32.1 Å². The molecule has 0 aromatic rings. The van der Waals surface area contributed by atoms with Crippen LogP contribution in [0.4, 0.5) is 0 Å². The smallest absolute Gasteiger partial charge is 0.260 e. The zero-order valence-corrected chi connectivity index (χ0v) is 11.3. The average molecular weight is 262 g/mol. The van der Waals surface area contributed by atoms with Gasteiger partial charge < -0.3 is 9.80 Å². The van der Waals surface area contributed by atoms with Gasteiger partial charge in [-0.25, -0.2) is 4.99 Å². The molecule has 2 fully saturated rings. The van der Waals surface area contributed by atoms with E-state index in [0.717, 1.165) is 19.6 Å². The third kappa shape index (κ3) is 2.66. The molecule has 1 saturated carbocycles. The predicted octanol–water partition coefficient (Wildman–Crippen LogP) is 0.935. The van der Waals surface area contributed by atoms with Gasteiger partial charge in [0.15, 0.2) is 6.17 Å². The first-order valence-electron chi connectivity index (χ1n) is 7.34. The number of carbonyl (C=O) groups excluding carboxylic acids is 1. The summed E-state index contributed by atoms with van der Waals surface area (Å²) in [4.78, 5) is 20.9. The highest BCUT2D eigenvalue weighted by atomic mass is 16.2. The molecule has 1 aliphatic carbocycles. The van der Waals surface area contributed by atoms with Gasteiger partial charge in [0, 0.05) is 31.9 Å². The molecule has 0 aromatic carbocycles. The molecular weight excluding hydrogens is 240 g/mol. The maximum atomic E-state index is 12.7. The lowest BCUT2D eigenvalue weighted by molar-refractivity contribution is -0.142. The SMILES string of the molecule is O=C1C(N2C=NC=CC2)NCCN1C1CCCCC1. The number of carbonyl (C=O) groups is 1. The molecule has 1 N–H and O–H groups in total. The lowest BCUT2D eigenvalue weighted by atomic mass is 9.93. The number of rotatable bonds is 2. The van der Waals surface area contributed by atoms with Crippen LogP contribution in [0.1, 0.15) is 32.1 Å². The van der Waals surface area contributed by atoms with Crippen molar-refractivity contribution in [3.05, 3.63) is 12.3 Å². The molecule has 19 heavy (non-hydrogen) atoms.